The fourth-order valence-corrected chi connectivity index (χ4v) is 3.96. The van der Waals surface area contributed by atoms with Gasteiger partial charge in [0.1, 0.15) is 9.23 Å². The van der Waals surface area contributed by atoms with Crippen LogP contribution in [0, 0.1) is 5.92 Å². The van der Waals surface area contributed by atoms with E-state index in [0.29, 0.717) is 0 Å². The van der Waals surface area contributed by atoms with E-state index >= 15 is 0 Å². The minimum Gasteiger partial charge on any atom is -0.481 e. The topological polar surface area (TPSA) is 74.7 Å². The summed E-state index contributed by atoms with van der Waals surface area (Å²) in [6.45, 7) is 1.35. The number of aliphatic carboxylic acids is 1. The Bertz CT molecular complexity index is 511. The van der Waals surface area contributed by atoms with Gasteiger partial charge in [-0.05, 0) is 11.4 Å². The molecule has 8 heteroatoms. The molecule has 1 unspecified atom stereocenters. The monoisotopic (exact) mass is 297 g/mol. The van der Waals surface area contributed by atoms with Gasteiger partial charge in [-0.15, -0.1) is 11.3 Å². The first-order chi connectivity index (χ1) is 7.76. The van der Waals surface area contributed by atoms with Crippen LogP contribution in [0.25, 0.3) is 0 Å². The maximum Gasteiger partial charge on any atom is 0.307 e. The van der Waals surface area contributed by atoms with Gasteiger partial charge < -0.3 is 5.11 Å². The molecule has 0 saturated heterocycles. The highest BCUT2D eigenvalue weighted by Gasteiger charge is 2.27. The summed E-state index contributed by atoms with van der Waals surface area (Å²) in [6.07, 6.45) is 0. The SMILES string of the molecule is CC(CN(C)S(=O)(=O)c1ccsc1Cl)C(=O)O. The molecule has 1 N–H and O–H groups in total. The molecule has 1 aromatic heterocycles. The lowest BCUT2D eigenvalue weighted by atomic mass is 10.2. The number of halogens is 1. The first-order valence-corrected chi connectivity index (χ1v) is 7.38. The lowest BCUT2D eigenvalue weighted by Crippen LogP contribution is -2.33. The summed E-state index contributed by atoms with van der Waals surface area (Å²) in [5.41, 5.74) is 0. The average molecular weight is 298 g/mol. The van der Waals surface area contributed by atoms with Gasteiger partial charge in [-0.1, -0.05) is 18.5 Å². The van der Waals surface area contributed by atoms with E-state index in [0.717, 1.165) is 15.6 Å². The van der Waals surface area contributed by atoms with Crippen LogP contribution >= 0.6 is 22.9 Å². The van der Waals surface area contributed by atoms with Gasteiger partial charge in [-0.2, -0.15) is 0 Å². The first kappa shape index (κ1) is 14.4. The number of carboxylic acids is 1. The summed E-state index contributed by atoms with van der Waals surface area (Å²) in [7, 11) is -2.37. The molecule has 0 saturated carbocycles. The van der Waals surface area contributed by atoms with E-state index in [4.69, 9.17) is 16.7 Å². The van der Waals surface area contributed by atoms with E-state index in [2.05, 4.69) is 0 Å². The van der Waals surface area contributed by atoms with Gasteiger partial charge in [0, 0.05) is 13.6 Å². The molecule has 0 amide bonds. The van der Waals surface area contributed by atoms with Crippen molar-refractivity contribution < 1.29 is 18.3 Å². The predicted octanol–water partition coefficient (Wildman–Crippen LogP) is 1.74. The number of rotatable bonds is 5. The van der Waals surface area contributed by atoms with E-state index in [1.807, 2.05) is 0 Å². The van der Waals surface area contributed by atoms with Crippen molar-refractivity contribution in [2.75, 3.05) is 13.6 Å². The van der Waals surface area contributed by atoms with Crippen LogP contribution in [0.3, 0.4) is 0 Å². The van der Waals surface area contributed by atoms with E-state index in [9.17, 15) is 13.2 Å². The average Bonchev–Trinajstić information content (AvgIpc) is 2.64. The van der Waals surface area contributed by atoms with E-state index in [-0.39, 0.29) is 15.8 Å². The first-order valence-electron chi connectivity index (χ1n) is 4.69. The maximum absolute atomic E-state index is 12.0. The molecule has 1 atom stereocenters. The lowest BCUT2D eigenvalue weighted by Gasteiger charge is -2.18. The molecule has 1 aromatic rings. The molecule has 0 spiro atoms. The van der Waals surface area contributed by atoms with Crippen LogP contribution in [0.2, 0.25) is 4.34 Å². The van der Waals surface area contributed by atoms with Crippen molar-refractivity contribution >= 4 is 38.9 Å². The molecule has 0 aliphatic carbocycles. The molecule has 5 nitrogen and oxygen atoms in total. The van der Waals surface area contributed by atoms with Gasteiger partial charge in [0.15, 0.2) is 0 Å². The largest absolute Gasteiger partial charge is 0.481 e. The molecule has 0 fully saturated rings. The Kier molecular flexibility index (Phi) is 4.54. The Balaban J connectivity index is 2.93. The van der Waals surface area contributed by atoms with E-state index in [1.165, 1.54) is 20.0 Å². The van der Waals surface area contributed by atoms with Crippen LogP contribution in [0.1, 0.15) is 6.92 Å². The Labute approximate surface area is 109 Å². The van der Waals surface area contributed by atoms with Crippen LogP contribution in [0.4, 0.5) is 0 Å². The van der Waals surface area contributed by atoms with Crippen molar-refractivity contribution in [2.24, 2.45) is 5.92 Å². The third-order valence-electron chi connectivity index (χ3n) is 2.23. The summed E-state index contributed by atoms with van der Waals surface area (Å²) in [5, 5.41) is 10.3. The Morgan fingerprint density at radius 3 is 2.65 bits per heavy atom. The number of nitrogens with zero attached hydrogens (tertiary/aromatic N) is 1. The summed E-state index contributed by atoms with van der Waals surface area (Å²) in [6, 6.07) is 1.41. The fourth-order valence-electron chi connectivity index (χ4n) is 1.20. The van der Waals surface area contributed by atoms with Crippen molar-refractivity contribution in [3.63, 3.8) is 0 Å². The lowest BCUT2D eigenvalue weighted by molar-refractivity contribution is -0.141. The van der Waals surface area contributed by atoms with Gasteiger partial charge in [0.2, 0.25) is 10.0 Å². The molecule has 1 heterocycles. The number of carboxylic acid groups (broad SMARTS) is 1. The highest BCUT2D eigenvalue weighted by Crippen LogP contribution is 2.29. The zero-order valence-corrected chi connectivity index (χ0v) is 11.6. The molecule has 17 heavy (non-hydrogen) atoms. The molecule has 0 aliphatic heterocycles. The maximum atomic E-state index is 12.0. The summed E-state index contributed by atoms with van der Waals surface area (Å²) in [4.78, 5) is 10.7. The van der Waals surface area contributed by atoms with Crippen LogP contribution in [0.15, 0.2) is 16.3 Å². The quantitative estimate of drug-likeness (QED) is 0.898. The van der Waals surface area contributed by atoms with Gasteiger partial charge in [-0.25, -0.2) is 12.7 Å². The molecule has 96 valence electrons. The highest BCUT2D eigenvalue weighted by molar-refractivity contribution is 7.89. The second kappa shape index (κ2) is 5.34. The standard InChI is InChI=1S/C9H12ClNO4S2/c1-6(9(12)13)5-11(2)17(14,15)7-3-4-16-8(7)10/h3-4,6H,5H2,1-2H3,(H,12,13). The fraction of sp³-hybridized carbons (Fsp3) is 0.444. The zero-order valence-electron chi connectivity index (χ0n) is 9.25. The van der Waals surface area contributed by atoms with Crippen LogP contribution in [-0.4, -0.2) is 37.4 Å². The molecule has 0 bridgehead atoms. The molecule has 0 aromatic carbocycles. The van der Waals surface area contributed by atoms with Crippen LogP contribution in [-0.2, 0) is 14.8 Å². The molecule has 0 aliphatic rings. The van der Waals surface area contributed by atoms with Crippen LogP contribution in [0.5, 0.6) is 0 Å². The molecule has 1 rings (SSSR count). The number of sulfonamides is 1. The number of carbonyl (C=O) groups is 1. The Morgan fingerprint density at radius 1 is 1.65 bits per heavy atom. The Morgan fingerprint density at radius 2 is 2.24 bits per heavy atom. The summed E-state index contributed by atoms with van der Waals surface area (Å²) < 4.78 is 25.2. The number of thiophene rings is 1. The molecular formula is C9H12ClNO4S2. The van der Waals surface area contributed by atoms with Crippen LogP contribution < -0.4 is 0 Å². The van der Waals surface area contributed by atoms with E-state index < -0.39 is 21.9 Å². The summed E-state index contributed by atoms with van der Waals surface area (Å²) in [5.74, 6) is -1.81. The van der Waals surface area contributed by atoms with Gasteiger partial charge in [0.05, 0.1) is 5.92 Å². The molecular weight excluding hydrogens is 286 g/mol. The van der Waals surface area contributed by atoms with Gasteiger partial charge in [-0.3, -0.25) is 4.79 Å². The molecule has 0 radical (unpaired) electrons. The third-order valence-corrected chi connectivity index (χ3v) is 5.50. The summed E-state index contributed by atoms with van der Waals surface area (Å²) >= 11 is 6.88. The van der Waals surface area contributed by atoms with Crippen molar-refractivity contribution in [1.29, 1.82) is 0 Å². The smallest absolute Gasteiger partial charge is 0.307 e. The minimum absolute atomic E-state index is 0.0178. The zero-order chi connectivity index (χ0) is 13.2. The van der Waals surface area contributed by atoms with Crippen molar-refractivity contribution in [2.45, 2.75) is 11.8 Å². The minimum atomic E-state index is -3.71. The second-order valence-corrected chi connectivity index (χ2v) is 7.11. The predicted molar refractivity (Wildman–Crippen MR) is 65.9 cm³/mol. The van der Waals surface area contributed by atoms with E-state index in [1.54, 1.807) is 5.38 Å². The van der Waals surface area contributed by atoms with Crippen molar-refractivity contribution in [1.82, 2.24) is 4.31 Å². The van der Waals surface area contributed by atoms with Crippen molar-refractivity contribution in [3.8, 4) is 0 Å². The van der Waals surface area contributed by atoms with Gasteiger partial charge in [0.25, 0.3) is 0 Å². The third kappa shape index (κ3) is 3.19. The number of hydrogen-bond acceptors (Lipinski definition) is 4. The second-order valence-electron chi connectivity index (χ2n) is 3.58. The van der Waals surface area contributed by atoms with Crippen molar-refractivity contribution in [3.05, 3.63) is 15.8 Å². The highest BCUT2D eigenvalue weighted by atomic mass is 35.5. The Hall–Kier alpha value is -0.630. The van der Waals surface area contributed by atoms with Gasteiger partial charge >= 0.3 is 5.97 Å². The number of hydrogen-bond donors (Lipinski definition) is 1. The normalized spacial score (nSPS) is 13.9.